The second-order valence-corrected chi connectivity index (χ2v) is 2.40. The number of hydrogen-bond donors (Lipinski definition) is 0. The first-order valence-corrected chi connectivity index (χ1v) is 3.31. The monoisotopic (exact) mass is 179 g/mol. The summed E-state index contributed by atoms with van der Waals surface area (Å²) >= 11 is 0. The molecule has 0 aliphatic rings. The lowest BCUT2D eigenvalue weighted by Gasteiger charge is -1.96. The Hall–Kier alpha value is -2.16. The van der Waals surface area contributed by atoms with Crippen molar-refractivity contribution in [3.05, 3.63) is 38.3 Å². The summed E-state index contributed by atoms with van der Waals surface area (Å²) in [6.07, 6.45) is 1.25. The summed E-state index contributed by atoms with van der Waals surface area (Å²) in [7, 11) is 1.36. The molecular weight excluding hydrogens is 174 g/mol. The molecule has 0 saturated heterocycles. The Balaban J connectivity index is 3.54. The maximum Gasteiger partial charge on any atom is 0.335 e. The van der Waals surface area contributed by atoms with Crippen LogP contribution in [0.5, 0.6) is 0 Å². The fraction of sp³-hybridized carbons (Fsp3) is 0.143. The van der Waals surface area contributed by atoms with Gasteiger partial charge < -0.3 is 4.57 Å². The molecule has 0 fully saturated rings. The molecule has 0 bridgehead atoms. The Kier molecular flexibility index (Phi) is 2.11. The molecule has 0 aliphatic carbocycles. The number of aromatic nitrogens is 1. The van der Waals surface area contributed by atoms with Crippen molar-refractivity contribution in [3.8, 4) is 6.07 Å². The maximum absolute atomic E-state index is 11.1. The summed E-state index contributed by atoms with van der Waals surface area (Å²) < 4.78 is 1.01. The van der Waals surface area contributed by atoms with E-state index in [1.165, 1.54) is 13.2 Å². The summed E-state index contributed by atoms with van der Waals surface area (Å²) in [6.45, 7) is 0. The predicted octanol–water partition coefficient (Wildman–Crippen LogP) is 0.165. The Morgan fingerprint density at radius 2 is 2.31 bits per heavy atom. The highest BCUT2D eigenvalue weighted by Crippen LogP contribution is 2.05. The van der Waals surface area contributed by atoms with Crippen LogP contribution in [0.3, 0.4) is 0 Å². The van der Waals surface area contributed by atoms with Crippen LogP contribution in [0.4, 0.5) is 5.69 Å². The van der Waals surface area contributed by atoms with Crippen molar-refractivity contribution in [2.24, 2.45) is 7.05 Å². The minimum absolute atomic E-state index is 0.0915. The van der Waals surface area contributed by atoms with Crippen LogP contribution in [-0.4, -0.2) is 9.49 Å². The van der Waals surface area contributed by atoms with Crippen molar-refractivity contribution in [2.75, 3.05) is 0 Å². The Morgan fingerprint density at radius 1 is 1.69 bits per heavy atom. The Labute approximate surface area is 72.8 Å². The third-order valence-electron chi connectivity index (χ3n) is 1.49. The van der Waals surface area contributed by atoms with Crippen LogP contribution in [0.2, 0.25) is 0 Å². The van der Waals surface area contributed by atoms with Crippen molar-refractivity contribution in [1.82, 2.24) is 4.57 Å². The van der Waals surface area contributed by atoms with E-state index >= 15 is 0 Å². The van der Waals surface area contributed by atoms with Crippen LogP contribution in [-0.2, 0) is 7.05 Å². The fourth-order valence-electron chi connectivity index (χ4n) is 0.886. The first-order chi connectivity index (χ1) is 6.06. The minimum Gasteiger partial charge on any atom is -0.311 e. The Bertz CT molecular complexity index is 455. The van der Waals surface area contributed by atoms with Gasteiger partial charge in [0.05, 0.1) is 10.5 Å². The largest absolute Gasteiger partial charge is 0.335 e. The van der Waals surface area contributed by atoms with Crippen LogP contribution < -0.4 is 5.56 Å². The molecule has 0 N–H and O–H groups in total. The third kappa shape index (κ3) is 1.54. The van der Waals surface area contributed by atoms with Crippen LogP contribution in [0.25, 0.3) is 0 Å². The van der Waals surface area contributed by atoms with Crippen molar-refractivity contribution >= 4 is 5.69 Å². The van der Waals surface area contributed by atoms with Crippen LogP contribution in [0.15, 0.2) is 17.1 Å². The summed E-state index contributed by atoms with van der Waals surface area (Å²) in [4.78, 5) is 20.6. The molecule has 6 nitrogen and oxygen atoms in total. The second kappa shape index (κ2) is 3.06. The molecule has 0 saturated carbocycles. The van der Waals surface area contributed by atoms with Crippen molar-refractivity contribution < 1.29 is 4.92 Å². The molecule has 1 heterocycles. The molecule has 1 aromatic heterocycles. The van der Waals surface area contributed by atoms with E-state index < -0.39 is 16.2 Å². The normalized spacial score (nSPS) is 9.23. The van der Waals surface area contributed by atoms with E-state index in [4.69, 9.17) is 5.26 Å². The van der Waals surface area contributed by atoms with Gasteiger partial charge in [-0.2, -0.15) is 5.26 Å². The van der Waals surface area contributed by atoms with Gasteiger partial charge in [-0.25, -0.2) is 0 Å². The van der Waals surface area contributed by atoms with E-state index in [0.29, 0.717) is 0 Å². The van der Waals surface area contributed by atoms with Gasteiger partial charge in [0.2, 0.25) is 0 Å². The molecule has 0 atom stereocenters. The number of nitriles is 1. The number of pyridine rings is 1. The van der Waals surface area contributed by atoms with Gasteiger partial charge in [-0.1, -0.05) is 0 Å². The average molecular weight is 179 g/mol. The summed E-state index contributed by atoms with van der Waals surface area (Å²) in [5, 5.41) is 18.8. The SMILES string of the molecule is Cn1cc(C#N)cc([N+](=O)[O-])c1=O. The lowest BCUT2D eigenvalue weighted by molar-refractivity contribution is -0.386. The van der Waals surface area contributed by atoms with Crippen molar-refractivity contribution in [2.45, 2.75) is 0 Å². The molecule has 0 unspecified atom stereocenters. The van der Waals surface area contributed by atoms with Crippen LogP contribution in [0, 0.1) is 21.4 Å². The lowest BCUT2D eigenvalue weighted by Crippen LogP contribution is -2.19. The highest BCUT2D eigenvalue weighted by molar-refractivity contribution is 5.37. The minimum atomic E-state index is -0.802. The van der Waals surface area contributed by atoms with Gasteiger partial charge >= 0.3 is 11.2 Å². The zero-order valence-electron chi connectivity index (χ0n) is 6.72. The number of hydrogen-bond acceptors (Lipinski definition) is 4. The van der Waals surface area contributed by atoms with Crippen LogP contribution in [0.1, 0.15) is 5.56 Å². The smallest absolute Gasteiger partial charge is 0.311 e. The van der Waals surface area contributed by atoms with Gasteiger partial charge in [0.1, 0.15) is 6.07 Å². The predicted molar refractivity (Wildman–Crippen MR) is 43.1 cm³/mol. The standard InChI is InChI=1S/C7H5N3O3/c1-9-4-5(3-8)2-6(7(9)11)10(12)13/h2,4H,1H3. The summed E-state index contributed by atoms with van der Waals surface area (Å²) in [6, 6.07) is 2.69. The van der Waals surface area contributed by atoms with E-state index in [-0.39, 0.29) is 5.56 Å². The highest BCUT2D eigenvalue weighted by Gasteiger charge is 2.14. The van der Waals surface area contributed by atoms with Crippen LogP contribution >= 0.6 is 0 Å². The molecule has 0 aliphatic heterocycles. The molecule has 1 aromatic rings. The molecule has 66 valence electrons. The number of aryl methyl sites for hydroxylation is 1. The van der Waals surface area contributed by atoms with E-state index in [9.17, 15) is 14.9 Å². The summed E-state index contributed by atoms with van der Waals surface area (Å²) in [5.74, 6) is 0. The van der Waals surface area contributed by atoms with Gasteiger partial charge in [-0.3, -0.25) is 14.9 Å². The maximum atomic E-state index is 11.1. The van der Waals surface area contributed by atoms with Gasteiger partial charge in [-0.05, 0) is 0 Å². The van der Waals surface area contributed by atoms with Crippen molar-refractivity contribution in [3.63, 3.8) is 0 Å². The highest BCUT2D eigenvalue weighted by atomic mass is 16.6. The molecular formula is C7H5N3O3. The lowest BCUT2D eigenvalue weighted by atomic mass is 10.3. The first-order valence-electron chi connectivity index (χ1n) is 3.31. The van der Waals surface area contributed by atoms with Gasteiger partial charge in [-0.15, -0.1) is 0 Å². The molecule has 13 heavy (non-hydrogen) atoms. The van der Waals surface area contributed by atoms with Gasteiger partial charge in [0, 0.05) is 19.3 Å². The van der Waals surface area contributed by atoms with Crippen molar-refractivity contribution in [1.29, 1.82) is 5.26 Å². The van der Waals surface area contributed by atoms with E-state index in [1.807, 2.05) is 0 Å². The molecule has 1 rings (SSSR count). The zero-order chi connectivity index (χ0) is 10.0. The number of nitrogens with zero attached hydrogens (tertiary/aromatic N) is 3. The quantitative estimate of drug-likeness (QED) is 0.453. The molecule has 6 heteroatoms. The molecule has 0 aromatic carbocycles. The van der Waals surface area contributed by atoms with Gasteiger partial charge in [0.15, 0.2) is 0 Å². The molecule has 0 radical (unpaired) electrons. The van der Waals surface area contributed by atoms with E-state index in [2.05, 4.69) is 0 Å². The fourth-order valence-corrected chi connectivity index (χ4v) is 0.886. The topological polar surface area (TPSA) is 88.9 Å². The summed E-state index contributed by atoms with van der Waals surface area (Å²) in [5.41, 5.74) is -1.21. The van der Waals surface area contributed by atoms with E-state index in [0.717, 1.165) is 10.6 Å². The first kappa shape index (κ1) is 8.93. The molecule has 0 amide bonds. The number of nitro groups is 1. The number of rotatable bonds is 1. The Morgan fingerprint density at radius 3 is 2.77 bits per heavy atom. The average Bonchev–Trinajstić information content (AvgIpc) is 2.09. The van der Waals surface area contributed by atoms with Gasteiger partial charge in [0.25, 0.3) is 0 Å². The molecule has 0 spiro atoms. The van der Waals surface area contributed by atoms with E-state index in [1.54, 1.807) is 6.07 Å². The third-order valence-corrected chi connectivity index (χ3v) is 1.49. The zero-order valence-corrected chi connectivity index (χ0v) is 6.72. The second-order valence-electron chi connectivity index (χ2n) is 2.40.